The van der Waals surface area contributed by atoms with Crippen LogP contribution in [0.3, 0.4) is 0 Å². The van der Waals surface area contributed by atoms with Crippen molar-refractivity contribution in [3.8, 4) is 0 Å². The summed E-state index contributed by atoms with van der Waals surface area (Å²) in [7, 11) is 0. The Balaban J connectivity index is 2.16. The van der Waals surface area contributed by atoms with E-state index >= 15 is 0 Å². The molecule has 1 amide bonds. The van der Waals surface area contributed by atoms with Crippen LogP contribution in [0.5, 0.6) is 0 Å². The SMILES string of the molecule is O=C(O)c1cc(NC(=O)c2ccn[nH]2)ccn1. The zero-order chi connectivity index (χ0) is 12.3. The molecule has 2 rings (SSSR count). The van der Waals surface area contributed by atoms with Crippen molar-refractivity contribution in [1.29, 1.82) is 0 Å². The number of hydrogen-bond donors (Lipinski definition) is 3. The van der Waals surface area contributed by atoms with Crippen LogP contribution in [-0.4, -0.2) is 32.2 Å². The predicted molar refractivity (Wildman–Crippen MR) is 57.7 cm³/mol. The highest BCUT2D eigenvalue weighted by Crippen LogP contribution is 2.09. The second-order valence-electron chi connectivity index (χ2n) is 3.16. The van der Waals surface area contributed by atoms with Crippen molar-refractivity contribution in [2.45, 2.75) is 0 Å². The number of pyridine rings is 1. The number of carbonyl (C=O) groups is 2. The van der Waals surface area contributed by atoms with Gasteiger partial charge in [0, 0.05) is 18.1 Å². The van der Waals surface area contributed by atoms with E-state index in [4.69, 9.17) is 5.11 Å². The molecule has 0 fully saturated rings. The zero-order valence-electron chi connectivity index (χ0n) is 8.54. The predicted octanol–water partition coefficient (Wildman–Crippen LogP) is 0.755. The fraction of sp³-hybridized carbons (Fsp3) is 0. The number of H-pyrrole nitrogens is 1. The summed E-state index contributed by atoms with van der Waals surface area (Å²) >= 11 is 0. The standard InChI is InChI=1S/C10H8N4O3/c15-9(7-2-4-12-14-7)13-6-1-3-11-8(5-6)10(16)17/h1-5H,(H,12,14)(H,16,17)(H,11,13,15). The fourth-order valence-electron chi connectivity index (χ4n) is 1.21. The first-order valence-corrected chi connectivity index (χ1v) is 4.67. The molecule has 86 valence electrons. The first-order valence-electron chi connectivity index (χ1n) is 4.67. The molecule has 0 atom stereocenters. The Hall–Kier alpha value is -2.70. The van der Waals surface area contributed by atoms with Crippen molar-refractivity contribution in [3.63, 3.8) is 0 Å². The number of anilines is 1. The molecule has 0 saturated heterocycles. The van der Waals surface area contributed by atoms with Crippen molar-refractivity contribution < 1.29 is 14.7 Å². The molecule has 0 saturated carbocycles. The monoisotopic (exact) mass is 232 g/mol. The van der Waals surface area contributed by atoms with Crippen LogP contribution in [0.4, 0.5) is 5.69 Å². The van der Waals surface area contributed by atoms with Gasteiger partial charge >= 0.3 is 5.97 Å². The Labute approximate surface area is 95.5 Å². The molecular weight excluding hydrogens is 224 g/mol. The van der Waals surface area contributed by atoms with E-state index in [1.54, 1.807) is 0 Å². The topological polar surface area (TPSA) is 108 Å². The van der Waals surface area contributed by atoms with Crippen LogP contribution in [0.15, 0.2) is 30.6 Å². The van der Waals surface area contributed by atoms with Crippen LogP contribution in [0.1, 0.15) is 21.0 Å². The molecule has 0 aromatic carbocycles. The highest BCUT2D eigenvalue weighted by molar-refractivity contribution is 6.03. The highest BCUT2D eigenvalue weighted by atomic mass is 16.4. The van der Waals surface area contributed by atoms with Gasteiger partial charge in [0.1, 0.15) is 11.4 Å². The van der Waals surface area contributed by atoms with Gasteiger partial charge in [-0.15, -0.1) is 0 Å². The van der Waals surface area contributed by atoms with Crippen molar-refractivity contribution in [2.24, 2.45) is 0 Å². The average molecular weight is 232 g/mol. The lowest BCUT2D eigenvalue weighted by Gasteiger charge is -2.03. The fourth-order valence-corrected chi connectivity index (χ4v) is 1.21. The summed E-state index contributed by atoms with van der Waals surface area (Å²) in [5.41, 5.74) is 0.517. The second-order valence-corrected chi connectivity index (χ2v) is 3.16. The van der Waals surface area contributed by atoms with Gasteiger partial charge in [-0.2, -0.15) is 5.10 Å². The smallest absolute Gasteiger partial charge is 0.354 e. The molecule has 7 heteroatoms. The maximum atomic E-state index is 11.6. The van der Waals surface area contributed by atoms with Gasteiger partial charge in [0.15, 0.2) is 0 Å². The van der Waals surface area contributed by atoms with Gasteiger partial charge < -0.3 is 10.4 Å². The van der Waals surface area contributed by atoms with E-state index in [9.17, 15) is 9.59 Å². The molecule has 0 radical (unpaired) electrons. The third kappa shape index (κ3) is 2.46. The maximum absolute atomic E-state index is 11.6. The zero-order valence-corrected chi connectivity index (χ0v) is 8.54. The number of nitrogens with zero attached hydrogens (tertiary/aromatic N) is 2. The van der Waals surface area contributed by atoms with Crippen molar-refractivity contribution >= 4 is 17.6 Å². The van der Waals surface area contributed by atoms with Crippen LogP contribution in [0.2, 0.25) is 0 Å². The molecule has 0 aliphatic heterocycles. The summed E-state index contributed by atoms with van der Waals surface area (Å²) in [6.45, 7) is 0. The number of carboxylic acid groups (broad SMARTS) is 1. The third-order valence-corrected chi connectivity index (χ3v) is 1.98. The summed E-state index contributed by atoms with van der Waals surface area (Å²) < 4.78 is 0. The van der Waals surface area contributed by atoms with E-state index in [2.05, 4.69) is 20.5 Å². The molecule has 0 bridgehead atoms. The number of carbonyl (C=O) groups excluding carboxylic acids is 1. The molecule has 2 heterocycles. The molecule has 0 aliphatic carbocycles. The molecule has 0 spiro atoms. The van der Waals surface area contributed by atoms with E-state index in [-0.39, 0.29) is 5.69 Å². The Morgan fingerprint density at radius 1 is 1.29 bits per heavy atom. The minimum absolute atomic E-state index is 0.132. The van der Waals surface area contributed by atoms with Gasteiger partial charge in [-0.1, -0.05) is 0 Å². The Bertz CT molecular complexity index is 550. The van der Waals surface area contributed by atoms with Crippen LogP contribution in [-0.2, 0) is 0 Å². The third-order valence-electron chi connectivity index (χ3n) is 1.98. The number of aromatic nitrogens is 3. The molecule has 2 aromatic heterocycles. The first kappa shape index (κ1) is 10.8. The summed E-state index contributed by atoms with van der Waals surface area (Å²) in [4.78, 5) is 25.9. The van der Waals surface area contributed by atoms with E-state index in [1.807, 2.05) is 0 Å². The van der Waals surface area contributed by atoms with Gasteiger partial charge in [-0.05, 0) is 18.2 Å². The van der Waals surface area contributed by atoms with Gasteiger partial charge in [0.05, 0.1) is 0 Å². The Morgan fingerprint density at radius 3 is 2.76 bits per heavy atom. The van der Waals surface area contributed by atoms with Crippen LogP contribution >= 0.6 is 0 Å². The molecule has 7 nitrogen and oxygen atoms in total. The number of rotatable bonds is 3. The van der Waals surface area contributed by atoms with Gasteiger partial charge in [-0.25, -0.2) is 9.78 Å². The molecule has 0 unspecified atom stereocenters. The lowest BCUT2D eigenvalue weighted by molar-refractivity contribution is 0.0690. The summed E-state index contributed by atoms with van der Waals surface area (Å²) in [5.74, 6) is -1.55. The van der Waals surface area contributed by atoms with Crippen LogP contribution in [0.25, 0.3) is 0 Å². The normalized spacial score (nSPS) is 9.88. The van der Waals surface area contributed by atoms with E-state index in [0.717, 1.165) is 0 Å². The van der Waals surface area contributed by atoms with Crippen LogP contribution < -0.4 is 5.32 Å². The van der Waals surface area contributed by atoms with Gasteiger partial charge in [0.25, 0.3) is 5.91 Å². The lowest BCUT2D eigenvalue weighted by Crippen LogP contribution is -2.13. The summed E-state index contributed by atoms with van der Waals surface area (Å²) in [5, 5.41) is 17.4. The summed E-state index contributed by atoms with van der Waals surface area (Å²) in [6.07, 6.45) is 2.76. The van der Waals surface area contributed by atoms with E-state index in [0.29, 0.717) is 11.4 Å². The molecule has 2 aromatic rings. The molecule has 17 heavy (non-hydrogen) atoms. The summed E-state index contributed by atoms with van der Waals surface area (Å²) in [6, 6.07) is 4.28. The number of carboxylic acids is 1. The molecular formula is C10H8N4O3. The number of aromatic amines is 1. The van der Waals surface area contributed by atoms with E-state index in [1.165, 1.54) is 30.6 Å². The molecule has 3 N–H and O–H groups in total. The molecule has 0 aliphatic rings. The minimum Gasteiger partial charge on any atom is -0.477 e. The lowest BCUT2D eigenvalue weighted by atomic mass is 10.3. The maximum Gasteiger partial charge on any atom is 0.354 e. The highest BCUT2D eigenvalue weighted by Gasteiger charge is 2.09. The average Bonchev–Trinajstić information content (AvgIpc) is 2.82. The second kappa shape index (κ2) is 4.44. The first-order chi connectivity index (χ1) is 8.16. The van der Waals surface area contributed by atoms with Crippen molar-refractivity contribution in [1.82, 2.24) is 15.2 Å². The quantitative estimate of drug-likeness (QED) is 0.723. The number of hydrogen-bond acceptors (Lipinski definition) is 4. The Kier molecular flexibility index (Phi) is 2.82. The minimum atomic E-state index is -1.15. The van der Waals surface area contributed by atoms with Gasteiger partial charge in [-0.3, -0.25) is 9.89 Å². The van der Waals surface area contributed by atoms with E-state index < -0.39 is 11.9 Å². The van der Waals surface area contributed by atoms with Crippen molar-refractivity contribution in [3.05, 3.63) is 42.0 Å². The number of aromatic carboxylic acids is 1. The van der Waals surface area contributed by atoms with Crippen LogP contribution in [0, 0.1) is 0 Å². The van der Waals surface area contributed by atoms with Gasteiger partial charge in [0.2, 0.25) is 0 Å². The number of amides is 1. The number of nitrogens with one attached hydrogen (secondary N) is 2. The Morgan fingerprint density at radius 2 is 2.12 bits per heavy atom. The largest absolute Gasteiger partial charge is 0.477 e. The van der Waals surface area contributed by atoms with Crippen molar-refractivity contribution in [2.75, 3.05) is 5.32 Å².